The minimum Gasteiger partial charge on any atom is -0.166 e. The van der Waals surface area contributed by atoms with Crippen molar-refractivity contribution in [3.8, 4) is 11.8 Å². The zero-order valence-corrected chi connectivity index (χ0v) is 12.4. The number of alkyl halides is 3. The number of benzene rings is 2. The van der Waals surface area contributed by atoms with Gasteiger partial charge in [-0.15, -0.1) is 0 Å². The maximum atomic E-state index is 12.8. The lowest BCUT2D eigenvalue weighted by Gasteiger charge is -2.40. The van der Waals surface area contributed by atoms with E-state index < -0.39 is 26.9 Å². The summed E-state index contributed by atoms with van der Waals surface area (Å²) in [6.45, 7) is 0. The minimum absolute atomic E-state index is 0.127. The molecule has 130 valence electrons. The van der Waals surface area contributed by atoms with Gasteiger partial charge in [-0.3, -0.25) is 0 Å². The first-order valence-electron chi connectivity index (χ1n) is 6.19. The molecule has 0 N–H and O–H groups in total. The summed E-state index contributed by atoms with van der Waals surface area (Å²) in [7, 11) is -9.78. The maximum absolute atomic E-state index is 12.8. The summed E-state index contributed by atoms with van der Waals surface area (Å²) in [5.74, 6) is 4.41. The van der Waals surface area contributed by atoms with Gasteiger partial charge in [-0.2, -0.15) is 13.2 Å². The number of halogens is 8. The quantitative estimate of drug-likeness (QED) is 0.383. The first-order valence-corrected chi connectivity index (χ1v) is 8.14. The zero-order valence-electron chi connectivity index (χ0n) is 11.6. The van der Waals surface area contributed by atoms with Crippen LogP contribution in [0.2, 0.25) is 0 Å². The van der Waals surface area contributed by atoms with E-state index in [0.29, 0.717) is 12.1 Å². The van der Waals surface area contributed by atoms with Crippen LogP contribution in [0.5, 0.6) is 0 Å². The monoisotopic (exact) mass is 372 g/mol. The Balaban J connectivity index is 2.38. The highest BCUT2D eigenvalue weighted by Gasteiger charge is 2.65. The van der Waals surface area contributed by atoms with E-state index >= 15 is 0 Å². The third kappa shape index (κ3) is 4.41. The highest BCUT2D eigenvalue weighted by Crippen LogP contribution is 3.02. The van der Waals surface area contributed by atoms with Gasteiger partial charge in [0.2, 0.25) is 0 Å². The van der Waals surface area contributed by atoms with Crippen molar-refractivity contribution >= 4 is 10.2 Å². The second kappa shape index (κ2) is 4.89. The van der Waals surface area contributed by atoms with E-state index in [1.807, 2.05) is 0 Å². The van der Waals surface area contributed by atoms with Crippen LogP contribution in [0.25, 0.3) is 0 Å². The molecule has 0 saturated carbocycles. The van der Waals surface area contributed by atoms with Gasteiger partial charge < -0.3 is 0 Å². The highest BCUT2D eigenvalue weighted by atomic mass is 32.5. The Kier molecular flexibility index (Phi) is 3.70. The molecule has 0 bridgehead atoms. The predicted octanol–water partition coefficient (Wildman–Crippen LogP) is 6.76. The average molecular weight is 372 g/mol. The van der Waals surface area contributed by atoms with Crippen molar-refractivity contribution in [3.05, 3.63) is 65.2 Å². The van der Waals surface area contributed by atoms with Crippen molar-refractivity contribution in [3.63, 3.8) is 0 Å². The minimum atomic E-state index is -9.78. The number of rotatable bonds is 1. The van der Waals surface area contributed by atoms with E-state index in [9.17, 15) is 32.6 Å². The van der Waals surface area contributed by atoms with Crippen LogP contribution >= 0.6 is 10.2 Å². The average Bonchev–Trinajstić information content (AvgIpc) is 2.42. The van der Waals surface area contributed by atoms with Gasteiger partial charge in [0.1, 0.15) is 4.90 Å². The van der Waals surface area contributed by atoms with Crippen LogP contribution in [-0.2, 0) is 6.18 Å². The van der Waals surface area contributed by atoms with Gasteiger partial charge in [-0.25, -0.2) is 0 Å². The van der Waals surface area contributed by atoms with Crippen molar-refractivity contribution in [2.45, 2.75) is 11.1 Å². The summed E-state index contributed by atoms with van der Waals surface area (Å²) >= 11 is 0. The van der Waals surface area contributed by atoms with Crippen LogP contribution in [0.3, 0.4) is 0 Å². The fourth-order valence-corrected chi connectivity index (χ4v) is 2.42. The van der Waals surface area contributed by atoms with Crippen molar-refractivity contribution in [1.29, 1.82) is 0 Å². The molecular formula is C15H8F8S. The summed E-state index contributed by atoms with van der Waals surface area (Å²) in [4.78, 5) is -2.09. The molecule has 0 heterocycles. The Morgan fingerprint density at radius 2 is 1.25 bits per heavy atom. The molecule has 0 amide bonds. The molecule has 0 radical (unpaired) electrons. The van der Waals surface area contributed by atoms with Gasteiger partial charge in [-0.1, -0.05) is 43.4 Å². The van der Waals surface area contributed by atoms with Crippen LogP contribution in [0, 0.1) is 11.8 Å². The molecule has 9 heteroatoms. The van der Waals surface area contributed by atoms with E-state index in [1.54, 1.807) is 0 Å². The summed E-state index contributed by atoms with van der Waals surface area (Å²) in [5, 5.41) is 0. The molecule has 2 rings (SSSR count). The molecule has 0 aliphatic heterocycles. The molecule has 0 spiro atoms. The van der Waals surface area contributed by atoms with Gasteiger partial charge in [0, 0.05) is 11.1 Å². The molecule has 0 aliphatic carbocycles. The molecule has 2 aromatic carbocycles. The first-order chi connectivity index (χ1) is 10.7. The van der Waals surface area contributed by atoms with Crippen molar-refractivity contribution in [2.75, 3.05) is 0 Å². The highest BCUT2D eigenvalue weighted by molar-refractivity contribution is 8.45. The van der Waals surface area contributed by atoms with E-state index in [0.717, 1.165) is 18.2 Å². The van der Waals surface area contributed by atoms with Gasteiger partial charge in [0.05, 0.1) is 5.56 Å². The summed E-state index contributed by atoms with van der Waals surface area (Å²) in [5.41, 5.74) is -1.50. The Bertz CT molecular complexity index is 821. The van der Waals surface area contributed by atoms with Crippen LogP contribution in [0.15, 0.2) is 53.4 Å². The van der Waals surface area contributed by atoms with Crippen LogP contribution in [0.4, 0.5) is 32.6 Å². The molecule has 0 aromatic heterocycles. The molecule has 0 saturated heterocycles. The van der Waals surface area contributed by atoms with Crippen LogP contribution < -0.4 is 0 Å². The van der Waals surface area contributed by atoms with Gasteiger partial charge >= 0.3 is 16.4 Å². The van der Waals surface area contributed by atoms with Crippen LogP contribution in [0.1, 0.15) is 16.7 Å². The Morgan fingerprint density at radius 3 is 1.75 bits per heavy atom. The molecule has 2 aromatic rings. The summed E-state index contributed by atoms with van der Waals surface area (Å²) in [6, 6.07) is 6.05. The molecule has 24 heavy (non-hydrogen) atoms. The Hall–Kier alpha value is -2.21. The fraction of sp³-hybridized carbons (Fsp3) is 0.0667. The van der Waals surface area contributed by atoms with E-state index in [-0.39, 0.29) is 23.3 Å². The van der Waals surface area contributed by atoms with E-state index in [1.165, 1.54) is 6.07 Å². The predicted molar refractivity (Wildman–Crippen MR) is 75.3 cm³/mol. The fourth-order valence-electron chi connectivity index (χ4n) is 1.77. The number of hydrogen-bond donors (Lipinski definition) is 0. The van der Waals surface area contributed by atoms with Crippen molar-refractivity contribution < 1.29 is 32.6 Å². The molecule has 0 nitrogen and oxygen atoms in total. The third-order valence-electron chi connectivity index (χ3n) is 2.87. The second-order valence-corrected chi connectivity index (χ2v) is 7.20. The Morgan fingerprint density at radius 1 is 0.708 bits per heavy atom. The molecule has 0 fully saturated rings. The first kappa shape index (κ1) is 18.1. The lowest BCUT2D eigenvalue weighted by atomic mass is 10.1. The van der Waals surface area contributed by atoms with Gasteiger partial charge in [0.15, 0.2) is 0 Å². The maximum Gasteiger partial charge on any atom is 0.417 e. The standard InChI is InChI=1S/C15H8F8S/c16-15(17,18)14-4-2-1-3-12(14)8-5-11-6-9-13(10-7-11)24(19,20,21,22)23/h1-4,6-7,9-10H. The van der Waals surface area contributed by atoms with E-state index in [2.05, 4.69) is 11.8 Å². The summed E-state index contributed by atoms with van der Waals surface area (Å²) < 4.78 is 101. The van der Waals surface area contributed by atoms with Crippen molar-refractivity contribution in [2.24, 2.45) is 0 Å². The smallest absolute Gasteiger partial charge is 0.166 e. The molecule has 0 aliphatic rings. The molecular weight excluding hydrogens is 364 g/mol. The summed E-state index contributed by atoms with van der Waals surface area (Å²) in [6.07, 6.45) is -4.64. The lowest BCUT2D eigenvalue weighted by Crippen LogP contribution is -2.07. The van der Waals surface area contributed by atoms with Crippen LogP contribution in [-0.4, -0.2) is 0 Å². The van der Waals surface area contributed by atoms with Crippen molar-refractivity contribution in [1.82, 2.24) is 0 Å². The second-order valence-electron chi connectivity index (χ2n) is 4.79. The van der Waals surface area contributed by atoms with Gasteiger partial charge in [0.25, 0.3) is 0 Å². The molecule has 0 atom stereocenters. The van der Waals surface area contributed by atoms with E-state index in [4.69, 9.17) is 0 Å². The SMILES string of the molecule is FC(F)(F)c1ccccc1C#Cc1ccc(S(F)(F)(F)(F)F)cc1. The molecule has 0 unspecified atom stereocenters. The number of hydrogen-bond acceptors (Lipinski definition) is 0. The lowest BCUT2D eigenvalue weighted by molar-refractivity contribution is -0.137. The topological polar surface area (TPSA) is 0 Å². The third-order valence-corrected chi connectivity index (χ3v) is 4.04. The zero-order chi connectivity index (χ0) is 18.3. The normalized spacial score (nSPS) is 15.0. The van der Waals surface area contributed by atoms with Gasteiger partial charge in [-0.05, 0) is 36.4 Å². The Labute approximate surface area is 131 Å². The largest absolute Gasteiger partial charge is 0.417 e.